The normalized spacial score (nSPS) is 17.4. The van der Waals surface area contributed by atoms with Crippen LogP contribution in [0.15, 0.2) is 42.5 Å². The fourth-order valence-corrected chi connectivity index (χ4v) is 6.72. The number of anilines is 1. The van der Waals surface area contributed by atoms with Crippen LogP contribution in [0.25, 0.3) is 22.3 Å². The molecule has 0 spiro atoms. The summed E-state index contributed by atoms with van der Waals surface area (Å²) in [6.07, 6.45) is 0.430. The monoisotopic (exact) mass is 550 g/mol. The zero-order chi connectivity index (χ0) is 27.3. The lowest BCUT2D eigenvalue weighted by Gasteiger charge is -2.14. The minimum absolute atomic E-state index is 0.0236. The summed E-state index contributed by atoms with van der Waals surface area (Å²) < 4.78 is 47.8. The van der Waals surface area contributed by atoms with Crippen molar-refractivity contribution >= 4 is 32.5 Å². The number of nitrogens with one attached hydrogen (secondary N) is 1. The Balaban J connectivity index is 1.49. The van der Waals surface area contributed by atoms with Crippen LogP contribution in [0, 0.1) is 6.92 Å². The summed E-state index contributed by atoms with van der Waals surface area (Å²) in [5.41, 5.74) is 3.10. The third kappa shape index (κ3) is 4.50. The lowest BCUT2D eigenvalue weighted by molar-refractivity contribution is 0.102. The molecule has 0 radical (unpaired) electrons. The van der Waals surface area contributed by atoms with Gasteiger partial charge in [0.25, 0.3) is 5.91 Å². The maximum atomic E-state index is 13.7. The summed E-state index contributed by atoms with van der Waals surface area (Å²) in [7, 11) is -0.0785. The lowest BCUT2D eigenvalue weighted by Crippen LogP contribution is -2.15. The van der Waals surface area contributed by atoms with Crippen LogP contribution in [0.2, 0.25) is 0 Å². The number of benzene rings is 2. The smallest absolute Gasteiger partial charge is 0.256 e. The molecule has 2 aliphatic rings. The van der Waals surface area contributed by atoms with Gasteiger partial charge in [-0.25, -0.2) is 18.1 Å². The standard InChI is InChI=1S/C27H26N4O7S/c1-15-25-19(27(32)28-17-5-7-22-24(11-17)38-14-37-22)12-20(16-4-6-21(35-2)23(10-16)36-3)29-26(25)31(30-15)18-8-9-39(33,34)13-18/h4-7,10-12,18H,8-9,13-14H2,1-3H3,(H,28,32). The summed E-state index contributed by atoms with van der Waals surface area (Å²) in [4.78, 5) is 18.6. The Kier molecular flexibility index (Phi) is 6.06. The predicted molar refractivity (Wildman–Crippen MR) is 144 cm³/mol. The summed E-state index contributed by atoms with van der Waals surface area (Å²) in [6.45, 7) is 1.92. The number of rotatable bonds is 6. The highest BCUT2D eigenvalue weighted by molar-refractivity contribution is 7.91. The van der Waals surface area contributed by atoms with Gasteiger partial charge in [0, 0.05) is 17.3 Å². The number of pyridine rings is 1. The molecule has 2 aromatic carbocycles. The van der Waals surface area contributed by atoms with Gasteiger partial charge in [0.05, 0.1) is 54.1 Å². The van der Waals surface area contributed by atoms with Gasteiger partial charge in [-0.3, -0.25) is 4.79 Å². The third-order valence-electron chi connectivity index (χ3n) is 6.95. The topological polar surface area (TPSA) is 131 Å². The number of nitrogens with zero attached hydrogens (tertiary/aromatic N) is 3. The van der Waals surface area contributed by atoms with E-state index in [0.717, 1.165) is 0 Å². The zero-order valence-electron chi connectivity index (χ0n) is 21.6. The summed E-state index contributed by atoms with van der Waals surface area (Å²) in [6, 6.07) is 11.9. The molecule has 4 heterocycles. The number of methoxy groups -OCH3 is 2. The summed E-state index contributed by atoms with van der Waals surface area (Å²) >= 11 is 0. The van der Waals surface area contributed by atoms with Gasteiger partial charge in [-0.2, -0.15) is 5.10 Å². The third-order valence-corrected chi connectivity index (χ3v) is 8.70. The fourth-order valence-electron chi connectivity index (χ4n) is 5.03. The van der Waals surface area contributed by atoms with Crippen LogP contribution < -0.4 is 24.3 Å². The second-order valence-corrected chi connectivity index (χ2v) is 11.7. The van der Waals surface area contributed by atoms with Crippen LogP contribution >= 0.6 is 0 Å². The molecule has 4 aromatic rings. The van der Waals surface area contributed by atoms with Gasteiger partial charge >= 0.3 is 0 Å². The number of aryl methyl sites for hydroxylation is 1. The van der Waals surface area contributed by atoms with Crippen LogP contribution in [-0.2, 0) is 9.84 Å². The molecule has 1 fully saturated rings. The van der Waals surface area contributed by atoms with Crippen LogP contribution in [0.3, 0.4) is 0 Å². The van der Waals surface area contributed by atoms with E-state index in [1.165, 1.54) is 0 Å². The molecule has 1 amide bonds. The molecular formula is C27H26N4O7S. The van der Waals surface area contributed by atoms with Crippen molar-refractivity contribution in [1.82, 2.24) is 14.8 Å². The van der Waals surface area contributed by atoms with Crippen LogP contribution in [-0.4, -0.2) is 61.6 Å². The first-order valence-electron chi connectivity index (χ1n) is 12.3. The Labute approximate surface area is 224 Å². The molecule has 1 saturated heterocycles. The minimum Gasteiger partial charge on any atom is -0.493 e. The van der Waals surface area contributed by atoms with Crippen molar-refractivity contribution in [2.75, 3.05) is 37.8 Å². The fraction of sp³-hybridized carbons (Fsp3) is 0.296. The van der Waals surface area contributed by atoms with E-state index in [1.807, 2.05) is 6.07 Å². The molecule has 0 aliphatic carbocycles. The maximum absolute atomic E-state index is 13.7. The number of sulfone groups is 1. The Morgan fingerprint density at radius 2 is 1.85 bits per heavy atom. The number of hydrogen-bond donors (Lipinski definition) is 1. The van der Waals surface area contributed by atoms with E-state index in [9.17, 15) is 13.2 Å². The highest BCUT2D eigenvalue weighted by Crippen LogP contribution is 2.37. The van der Waals surface area contributed by atoms with Crippen molar-refractivity contribution in [1.29, 1.82) is 0 Å². The molecule has 1 unspecified atom stereocenters. The first kappa shape index (κ1) is 25.0. The molecule has 0 bridgehead atoms. The molecule has 39 heavy (non-hydrogen) atoms. The van der Waals surface area contributed by atoms with Crippen molar-refractivity contribution < 1.29 is 32.2 Å². The van der Waals surface area contributed by atoms with E-state index in [-0.39, 0.29) is 30.2 Å². The molecule has 202 valence electrons. The number of ether oxygens (including phenoxy) is 4. The van der Waals surface area contributed by atoms with Crippen molar-refractivity contribution in [2.45, 2.75) is 19.4 Å². The van der Waals surface area contributed by atoms with E-state index in [1.54, 1.807) is 62.2 Å². The molecule has 12 heteroatoms. The van der Waals surface area contributed by atoms with Crippen molar-refractivity contribution in [3.8, 4) is 34.3 Å². The molecule has 1 atom stereocenters. The number of carbonyl (C=O) groups excluding carboxylic acids is 1. The number of amides is 1. The average Bonchev–Trinajstić information content (AvgIpc) is 3.64. The van der Waals surface area contributed by atoms with Gasteiger partial charge in [-0.15, -0.1) is 0 Å². The number of aromatic nitrogens is 3. The van der Waals surface area contributed by atoms with Crippen molar-refractivity contribution in [3.05, 3.63) is 53.7 Å². The number of hydrogen-bond acceptors (Lipinski definition) is 9. The Bertz CT molecular complexity index is 1730. The van der Waals surface area contributed by atoms with E-state index in [2.05, 4.69) is 10.4 Å². The van der Waals surface area contributed by atoms with E-state index < -0.39 is 9.84 Å². The van der Waals surface area contributed by atoms with E-state index in [0.29, 0.717) is 68.7 Å². The van der Waals surface area contributed by atoms with Gasteiger partial charge in [0.15, 0.2) is 38.5 Å². The lowest BCUT2D eigenvalue weighted by atomic mass is 10.0. The predicted octanol–water partition coefficient (Wildman–Crippen LogP) is 3.76. The van der Waals surface area contributed by atoms with Crippen LogP contribution in [0.4, 0.5) is 5.69 Å². The zero-order valence-corrected chi connectivity index (χ0v) is 22.4. The minimum atomic E-state index is -3.17. The van der Waals surface area contributed by atoms with Gasteiger partial charge in [0.2, 0.25) is 6.79 Å². The first-order chi connectivity index (χ1) is 18.8. The molecular weight excluding hydrogens is 524 g/mol. The van der Waals surface area contributed by atoms with Gasteiger partial charge in [-0.05, 0) is 49.7 Å². The van der Waals surface area contributed by atoms with Crippen molar-refractivity contribution in [3.63, 3.8) is 0 Å². The van der Waals surface area contributed by atoms with Gasteiger partial charge in [-0.1, -0.05) is 0 Å². The van der Waals surface area contributed by atoms with Crippen LogP contribution in [0.1, 0.15) is 28.5 Å². The SMILES string of the molecule is COc1ccc(-c2cc(C(=O)Nc3ccc4c(c3)OCO4)c3c(C)nn(C4CCS(=O)(=O)C4)c3n2)cc1OC. The Morgan fingerprint density at radius 1 is 1.05 bits per heavy atom. The highest BCUT2D eigenvalue weighted by atomic mass is 32.2. The quantitative estimate of drug-likeness (QED) is 0.381. The second-order valence-electron chi connectivity index (χ2n) is 9.43. The molecule has 0 saturated carbocycles. The van der Waals surface area contributed by atoms with Gasteiger partial charge in [0.1, 0.15) is 0 Å². The van der Waals surface area contributed by atoms with E-state index >= 15 is 0 Å². The van der Waals surface area contributed by atoms with E-state index in [4.69, 9.17) is 23.9 Å². The maximum Gasteiger partial charge on any atom is 0.256 e. The average molecular weight is 551 g/mol. The number of carbonyl (C=O) groups is 1. The highest BCUT2D eigenvalue weighted by Gasteiger charge is 2.32. The first-order valence-corrected chi connectivity index (χ1v) is 14.1. The summed E-state index contributed by atoms with van der Waals surface area (Å²) in [5.74, 6) is 1.92. The van der Waals surface area contributed by atoms with Crippen LogP contribution in [0.5, 0.6) is 23.0 Å². The molecule has 11 nitrogen and oxygen atoms in total. The largest absolute Gasteiger partial charge is 0.493 e. The molecule has 2 aliphatic heterocycles. The van der Waals surface area contributed by atoms with Crippen molar-refractivity contribution in [2.24, 2.45) is 0 Å². The van der Waals surface area contributed by atoms with Gasteiger partial charge < -0.3 is 24.3 Å². The Morgan fingerprint density at radius 3 is 2.59 bits per heavy atom. The molecule has 2 aromatic heterocycles. The molecule has 6 rings (SSSR count). The Hall–Kier alpha value is -4.32. The summed E-state index contributed by atoms with van der Waals surface area (Å²) in [5, 5.41) is 8.16. The second kappa shape index (κ2) is 9.45. The molecule has 1 N–H and O–H groups in total. The number of fused-ring (bicyclic) bond motifs is 2.